The maximum atomic E-state index is 4.99. The van der Waals surface area contributed by atoms with Crippen LogP contribution < -0.4 is 5.32 Å². The number of nitrogens with one attached hydrogen (secondary N) is 1. The van der Waals surface area contributed by atoms with Gasteiger partial charge < -0.3 is 5.32 Å². The number of pyridine rings is 2. The van der Waals surface area contributed by atoms with Crippen molar-refractivity contribution in [2.45, 2.75) is 46.0 Å². The maximum Gasteiger partial charge on any atom is 0.161 e. The van der Waals surface area contributed by atoms with Crippen molar-refractivity contribution in [2.75, 3.05) is 5.32 Å². The van der Waals surface area contributed by atoms with Crippen molar-refractivity contribution in [3.63, 3.8) is 0 Å². The minimum atomic E-state index is -0.0177. The van der Waals surface area contributed by atoms with Crippen molar-refractivity contribution < 1.29 is 0 Å². The van der Waals surface area contributed by atoms with Crippen molar-refractivity contribution in [2.24, 2.45) is 0 Å². The Morgan fingerprint density at radius 2 is 1.83 bits per heavy atom. The van der Waals surface area contributed by atoms with Gasteiger partial charge in [0.05, 0.1) is 11.4 Å². The summed E-state index contributed by atoms with van der Waals surface area (Å²) in [5.74, 6) is 0. The molecule has 0 atom stereocenters. The van der Waals surface area contributed by atoms with Crippen LogP contribution in [0.25, 0.3) is 11.0 Å². The molecule has 1 aliphatic rings. The van der Waals surface area contributed by atoms with Gasteiger partial charge in [0.1, 0.15) is 0 Å². The van der Waals surface area contributed by atoms with Gasteiger partial charge in [-0.3, -0.25) is 0 Å². The molecule has 1 aliphatic heterocycles. The molecule has 0 saturated heterocycles. The van der Waals surface area contributed by atoms with Crippen LogP contribution in [0.15, 0.2) is 36.4 Å². The van der Waals surface area contributed by atoms with E-state index in [1.807, 2.05) is 0 Å². The van der Waals surface area contributed by atoms with Crippen LogP contribution in [0, 0.1) is 0 Å². The molecule has 3 aromatic rings. The third-order valence-corrected chi connectivity index (χ3v) is 4.72. The van der Waals surface area contributed by atoms with E-state index in [1.165, 1.54) is 22.5 Å². The molecular formula is C21H23N3. The summed E-state index contributed by atoms with van der Waals surface area (Å²) in [6.45, 7) is 8.81. The van der Waals surface area contributed by atoms with Gasteiger partial charge in [0.25, 0.3) is 0 Å². The minimum absolute atomic E-state index is 0.0177. The summed E-state index contributed by atoms with van der Waals surface area (Å²) in [6, 6.07) is 12.8. The summed E-state index contributed by atoms with van der Waals surface area (Å²) in [7, 11) is 0. The van der Waals surface area contributed by atoms with Gasteiger partial charge in [-0.15, -0.1) is 0 Å². The second kappa shape index (κ2) is 5.30. The number of hydrogen-bond acceptors (Lipinski definition) is 3. The highest BCUT2D eigenvalue weighted by Gasteiger charge is 2.27. The smallest absolute Gasteiger partial charge is 0.161 e. The number of aryl methyl sites for hydroxylation is 1. The van der Waals surface area contributed by atoms with Crippen molar-refractivity contribution >= 4 is 22.4 Å². The highest BCUT2D eigenvalue weighted by atomic mass is 14.9. The summed E-state index contributed by atoms with van der Waals surface area (Å²) in [6.07, 6.45) is 1.85. The first kappa shape index (κ1) is 15.1. The molecule has 0 fully saturated rings. The van der Waals surface area contributed by atoms with Gasteiger partial charge in [0.2, 0.25) is 0 Å². The topological polar surface area (TPSA) is 37.8 Å². The lowest BCUT2D eigenvalue weighted by Crippen LogP contribution is -2.21. The van der Waals surface area contributed by atoms with Crippen molar-refractivity contribution in [3.05, 3.63) is 58.9 Å². The monoisotopic (exact) mass is 317 g/mol. The molecule has 0 bridgehead atoms. The van der Waals surface area contributed by atoms with Gasteiger partial charge in [0, 0.05) is 34.2 Å². The lowest BCUT2D eigenvalue weighted by molar-refractivity contribution is 0.564. The number of aromatic nitrogens is 2. The molecule has 122 valence electrons. The molecule has 0 spiro atoms. The molecule has 0 amide bonds. The Kier molecular flexibility index (Phi) is 3.34. The quantitative estimate of drug-likeness (QED) is 0.528. The SMILES string of the molecule is CCc1ccc2c3c(c(C(C)(C)C)nc2n1)Cc1ccccc1N3. The molecule has 0 aliphatic carbocycles. The Bertz CT molecular complexity index is 936. The van der Waals surface area contributed by atoms with Gasteiger partial charge >= 0.3 is 0 Å². The molecule has 3 heterocycles. The van der Waals surface area contributed by atoms with E-state index >= 15 is 0 Å². The van der Waals surface area contributed by atoms with Crippen molar-refractivity contribution in [1.29, 1.82) is 0 Å². The first-order valence-electron chi connectivity index (χ1n) is 8.65. The lowest BCUT2D eigenvalue weighted by atomic mass is 9.83. The zero-order chi connectivity index (χ0) is 16.9. The Balaban J connectivity index is 2.02. The summed E-state index contributed by atoms with van der Waals surface area (Å²) < 4.78 is 0. The van der Waals surface area contributed by atoms with Gasteiger partial charge in [-0.05, 0) is 30.2 Å². The Labute approximate surface area is 143 Å². The van der Waals surface area contributed by atoms with Crippen LogP contribution in [0.5, 0.6) is 0 Å². The molecule has 0 radical (unpaired) electrons. The molecular weight excluding hydrogens is 294 g/mol. The zero-order valence-electron chi connectivity index (χ0n) is 14.8. The normalized spacial score (nSPS) is 13.3. The Morgan fingerprint density at radius 1 is 1.04 bits per heavy atom. The molecule has 3 heteroatoms. The van der Waals surface area contributed by atoms with Crippen LogP contribution in [-0.4, -0.2) is 9.97 Å². The molecule has 1 N–H and O–H groups in total. The van der Waals surface area contributed by atoms with Crippen LogP contribution in [0.3, 0.4) is 0 Å². The number of fused-ring (bicyclic) bond motifs is 4. The highest BCUT2D eigenvalue weighted by Crippen LogP contribution is 2.41. The molecule has 1 aromatic carbocycles. The number of rotatable bonds is 1. The van der Waals surface area contributed by atoms with E-state index in [1.54, 1.807) is 0 Å². The molecule has 0 saturated carbocycles. The van der Waals surface area contributed by atoms with E-state index in [0.717, 1.165) is 35.3 Å². The van der Waals surface area contributed by atoms with E-state index in [9.17, 15) is 0 Å². The third kappa shape index (κ3) is 2.35. The summed E-state index contributed by atoms with van der Waals surface area (Å²) in [5, 5.41) is 4.77. The predicted octanol–water partition coefficient (Wildman–Crippen LogP) is 5.14. The number of anilines is 2. The number of para-hydroxylation sites is 1. The predicted molar refractivity (Wildman–Crippen MR) is 100 cm³/mol. The number of nitrogens with zero attached hydrogens (tertiary/aromatic N) is 2. The van der Waals surface area contributed by atoms with Crippen molar-refractivity contribution in [1.82, 2.24) is 9.97 Å². The summed E-state index contributed by atoms with van der Waals surface area (Å²) >= 11 is 0. The second-order valence-electron chi connectivity index (χ2n) is 7.55. The van der Waals surface area contributed by atoms with Crippen LogP contribution in [-0.2, 0) is 18.3 Å². The standard InChI is InChI=1S/C21H23N3/c1-5-14-10-11-15-18-16(12-13-8-6-7-9-17(13)23-18)19(21(2,3)4)24-20(15)22-14/h6-11,23H,5,12H2,1-4H3. The van der Waals surface area contributed by atoms with Crippen LogP contribution in [0.1, 0.15) is 50.2 Å². The number of hydrogen-bond donors (Lipinski definition) is 1. The zero-order valence-corrected chi connectivity index (χ0v) is 14.8. The minimum Gasteiger partial charge on any atom is -0.354 e. The van der Waals surface area contributed by atoms with Gasteiger partial charge in [-0.2, -0.15) is 0 Å². The Hall–Kier alpha value is -2.42. The highest BCUT2D eigenvalue weighted by molar-refractivity contribution is 5.95. The van der Waals surface area contributed by atoms with Gasteiger partial charge in [-0.25, -0.2) is 9.97 Å². The molecule has 2 aromatic heterocycles. The first-order chi connectivity index (χ1) is 11.5. The van der Waals surface area contributed by atoms with Gasteiger partial charge in [-0.1, -0.05) is 45.9 Å². The molecule has 3 nitrogen and oxygen atoms in total. The van der Waals surface area contributed by atoms with E-state index in [-0.39, 0.29) is 5.41 Å². The van der Waals surface area contributed by atoms with Crippen LogP contribution >= 0.6 is 0 Å². The summed E-state index contributed by atoms with van der Waals surface area (Å²) in [4.78, 5) is 9.77. The largest absolute Gasteiger partial charge is 0.354 e. The average Bonchev–Trinajstić information content (AvgIpc) is 2.58. The molecule has 0 unspecified atom stereocenters. The molecule has 4 rings (SSSR count). The Morgan fingerprint density at radius 3 is 2.58 bits per heavy atom. The number of benzene rings is 1. The fraction of sp³-hybridized carbons (Fsp3) is 0.333. The summed E-state index contributed by atoms with van der Waals surface area (Å²) in [5.41, 5.74) is 8.07. The van der Waals surface area contributed by atoms with Crippen LogP contribution in [0.2, 0.25) is 0 Å². The van der Waals surface area contributed by atoms with Crippen LogP contribution in [0.4, 0.5) is 11.4 Å². The fourth-order valence-electron chi connectivity index (χ4n) is 3.48. The fourth-order valence-corrected chi connectivity index (χ4v) is 3.48. The lowest BCUT2D eigenvalue weighted by Gasteiger charge is -2.29. The average molecular weight is 317 g/mol. The maximum absolute atomic E-state index is 4.99. The molecule has 24 heavy (non-hydrogen) atoms. The van der Waals surface area contributed by atoms with E-state index in [0.29, 0.717) is 0 Å². The van der Waals surface area contributed by atoms with E-state index in [2.05, 4.69) is 69.4 Å². The van der Waals surface area contributed by atoms with Gasteiger partial charge in [0.15, 0.2) is 5.65 Å². The van der Waals surface area contributed by atoms with Crippen molar-refractivity contribution in [3.8, 4) is 0 Å². The first-order valence-corrected chi connectivity index (χ1v) is 8.65. The van der Waals surface area contributed by atoms with E-state index in [4.69, 9.17) is 9.97 Å². The van der Waals surface area contributed by atoms with E-state index < -0.39 is 0 Å². The second-order valence-corrected chi connectivity index (χ2v) is 7.55. The third-order valence-electron chi connectivity index (χ3n) is 4.72.